The van der Waals surface area contributed by atoms with Crippen molar-refractivity contribution in [1.29, 1.82) is 0 Å². The third kappa shape index (κ3) is 3.83. The number of hydrogen-bond acceptors (Lipinski definition) is 3. The number of aryl methyl sites for hydroxylation is 1. The standard InChI is InChI=1S/C27H25ClN4OS/c1-17-15-21(18(2)31(17)24-13-5-4-11-22(24)28)26-25(23-12-6-7-14-29-23)30-27(34)32(26)19-9-8-10-20(16-19)33-3/h4-16,25-26H,1-3H3,(H,30,34). The van der Waals surface area contributed by atoms with Gasteiger partial charge in [0.2, 0.25) is 0 Å². The third-order valence-electron chi connectivity index (χ3n) is 6.31. The van der Waals surface area contributed by atoms with Gasteiger partial charge in [-0.05, 0) is 74.1 Å². The molecule has 1 saturated heterocycles. The molecule has 3 heterocycles. The highest BCUT2D eigenvalue weighted by Gasteiger charge is 2.42. The second kappa shape index (κ2) is 9.12. The fourth-order valence-electron chi connectivity index (χ4n) is 4.80. The first-order valence-corrected chi connectivity index (χ1v) is 11.9. The molecule has 172 valence electrons. The predicted molar refractivity (Wildman–Crippen MR) is 141 cm³/mol. The molecule has 0 radical (unpaired) electrons. The zero-order valence-corrected chi connectivity index (χ0v) is 20.8. The van der Waals surface area contributed by atoms with Gasteiger partial charge in [-0.25, -0.2) is 0 Å². The second-order valence-corrected chi connectivity index (χ2v) is 9.11. The van der Waals surface area contributed by atoms with Gasteiger partial charge < -0.3 is 19.5 Å². The molecule has 0 amide bonds. The quantitative estimate of drug-likeness (QED) is 0.332. The number of nitrogens with zero attached hydrogens (tertiary/aromatic N) is 3. The molecule has 0 aliphatic carbocycles. The van der Waals surface area contributed by atoms with E-state index in [-0.39, 0.29) is 12.1 Å². The van der Waals surface area contributed by atoms with Crippen LogP contribution in [0.1, 0.15) is 34.7 Å². The smallest absolute Gasteiger partial charge is 0.174 e. The van der Waals surface area contributed by atoms with E-state index in [1.165, 1.54) is 0 Å². The monoisotopic (exact) mass is 488 g/mol. The maximum atomic E-state index is 6.59. The zero-order chi connectivity index (χ0) is 23.8. The molecule has 2 unspecified atom stereocenters. The van der Waals surface area contributed by atoms with Crippen molar-refractivity contribution in [3.63, 3.8) is 0 Å². The maximum Gasteiger partial charge on any atom is 0.174 e. The van der Waals surface area contributed by atoms with Crippen LogP contribution in [0.4, 0.5) is 5.69 Å². The van der Waals surface area contributed by atoms with Gasteiger partial charge in [0.05, 0.1) is 35.6 Å². The molecule has 5 nitrogen and oxygen atoms in total. The van der Waals surface area contributed by atoms with Crippen molar-refractivity contribution < 1.29 is 4.74 Å². The number of para-hydroxylation sites is 1. The van der Waals surface area contributed by atoms with Crippen molar-refractivity contribution in [2.45, 2.75) is 25.9 Å². The number of hydrogen-bond donors (Lipinski definition) is 1. The average molecular weight is 489 g/mol. The van der Waals surface area contributed by atoms with E-state index in [1.807, 2.05) is 66.9 Å². The van der Waals surface area contributed by atoms with Gasteiger partial charge in [-0.1, -0.05) is 35.9 Å². The highest BCUT2D eigenvalue weighted by Crippen LogP contribution is 2.44. The zero-order valence-electron chi connectivity index (χ0n) is 19.2. The van der Waals surface area contributed by atoms with E-state index in [2.05, 4.69) is 45.7 Å². The van der Waals surface area contributed by atoms with Gasteiger partial charge in [-0.15, -0.1) is 0 Å². The first-order valence-electron chi connectivity index (χ1n) is 11.1. The summed E-state index contributed by atoms with van der Waals surface area (Å²) in [5.74, 6) is 0.780. The number of ether oxygens (including phenoxy) is 1. The van der Waals surface area contributed by atoms with E-state index in [4.69, 9.17) is 28.6 Å². The van der Waals surface area contributed by atoms with Crippen LogP contribution in [0, 0.1) is 13.8 Å². The summed E-state index contributed by atoms with van der Waals surface area (Å²) in [5.41, 5.74) is 6.22. The number of rotatable bonds is 5. The molecule has 0 saturated carbocycles. The largest absolute Gasteiger partial charge is 0.497 e. The second-order valence-electron chi connectivity index (χ2n) is 8.31. The van der Waals surface area contributed by atoms with Crippen molar-refractivity contribution in [1.82, 2.24) is 14.9 Å². The number of halogens is 1. The lowest BCUT2D eigenvalue weighted by molar-refractivity contribution is 0.415. The molecule has 1 aliphatic heterocycles. The highest BCUT2D eigenvalue weighted by molar-refractivity contribution is 7.80. The Balaban J connectivity index is 1.70. The number of anilines is 1. The minimum Gasteiger partial charge on any atom is -0.497 e. The number of pyridine rings is 1. The Bertz CT molecular complexity index is 1350. The predicted octanol–water partition coefficient (Wildman–Crippen LogP) is 6.33. The summed E-state index contributed by atoms with van der Waals surface area (Å²) < 4.78 is 7.71. The molecular formula is C27H25ClN4OS. The number of benzene rings is 2. The fraction of sp³-hybridized carbons (Fsp3) is 0.185. The molecule has 4 aromatic rings. The Labute approximate surface area is 210 Å². The fourth-order valence-corrected chi connectivity index (χ4v) is 5.37. The Kier molecular flexibility index (Phi) is 6.02. The van der Waals surface area contributed by atoms with Crippen molar-refractivity contribution in [3.8, 4) is 11.4 Å². The Morgan fingerprint density at radius 3 is 2.53 bits per heavy atom. The van der Waals surface area contributed by atoms with Gasteiger partial charge in [-0.2, -0.15) is 0 Å². The van der Waals surface area contributed by atoms with Crippen LogP contribution in [0.15, 0.2) is 79.0 Å². The van der Waals surface area contributed by atoms with Crippen LogP contribution in [0.3, 0.4) is 0 Å². The molecule has 2 atom stereocenters. The topological polar surface area (TPSA) is 42.3 Å². The molecule has 7 heteroatoms. The van der Waals surface area contributed by atoms with Gasteiger partial charge in [-0.3, -0.25) is 4.98 Å². The van der Waals surface area contributed by atoms with Gasteiger partial charge in [0.1, 0.15) is 5.75 Å². The van der Waals surface area contributed by atoms with Gasteiger partial charge >= 0.3 is 0 Å². The van der Waals surface area contributed by atoms with E-state index in [9.17, 15) is 0 Å². The maximum absolute atomic E-state index is 6.59. The number of methoxy groups -OCH3 is 1. The Hall–Kier alpha value is -3.35. The summed E-state index contributed by atoms with van der Waals surface area (Å²) in [4.78, 5) is 6.83. The van der Waals surface area contributed by atoms with E-state index in [1.54, 1.807) is 7.11 Å². The van der Waals surface area contributed by atoms with Crippen LogP contribution in [0.25, 0.3) is 5.69 Å². The van der Waals surface area contributed by atoms with Crippen LogP contribution in [-0.2, 0) is 0 Å². The highest BCUT2D eigenvalue weighted by atomic mass is 35.5. The third-order valence-corrected chi connectivity index (χ3v) is 6.95. The van der Waals surface area contributed by atoms with Crippen molar-refractivity contribution >= 4 is 34.6 Å². The van der Waals surface area contributed by atoms with Crippen molar-refractivity contribution in [2.75, 3.05) is 12.0 Å². The first kappa shape index (κ1) is 22.4. The lowest BCUT2D eigenvalue weighted by Crippen LogP contribution is -2.29. The molecule has 1 N–H and O–H groups in total. The van der Waals surface area contributed by atoms with Crippen LogP contribution in [0.5, 0.6) is 5.75 Å². The van der Waals surface area contributed by atoms with E-state index in [0.29, 0.717) is 10.1 Å². The molecular weight excluding hydrogens is 464 g/mol. The van der Waals surface area contributed by atoms with E-state index < -0.39 is 0 Å². The molecule has 0 spiro atoms. The minimum absolute atomic E-state index is 0.114. The normalized spacial score (nSPS) is 17.6. The molecule has 5 rings (SSSR count). The average Bonchev–Trinajstić information content (AvgIpc) is 3.35. The van der Waals surface area contributed by atoms with E-state index in [0.717, 1.165) is 39.8 Å². The molecule has 2 aromatic carbocycles. The summed E-state index contributed by atoms with van der Waals surface area (Å²) in [5, 5.41) is 4.89. The lowest BCUT2D eigenvalue weighted by Gasteiger charge is -2.28. The minimum atomic E-state index is -0.125. The molecule has 1 fully saturated rings. The SMILES string of the molecule is COc1cccc(N2C(=S)NC(c3ccccn3)C2c2cc(C)n(-c3ccccc3Cl)c2C)c1. The van der Waals surface area contributed by atoms with E-state index >= 15 is 0 Å². The Morgan fingerprint density at radius 2 is 1.79 bits per heavy atom. The summed E-state index contributed by atoms with van der Waals surface area (Å²) in [6, 6.07) is 23.8. The van der Waals surface area contributed by atoms with Crippen LogP contribution < -0.4 is 15.0 Å². The number of nitrogens with one attached hydrogen (secondary N) is 1. The molecule has 34 heavy (non-hydrogen) atoms. The van der Waals surface area contributed by atoms with Crippen LogP contribution >= 0.6 is 23.8 Å². The summed E-state index contributed by atoms with van der Waals surface area (Å²) in [7, 11) is 1.67. The lowest BCUT2D eigenvalue weighted by atomic mass is 9.96. The van der Waals surface area contributed by atoms with Gasteiger partial charge in [0.15, 0.2) is 5.11 Å². The van der Waals surface area contributed by atoms with Crippen LogP contribution in [-0.4, -0.2) is 21.8 Å². The van der Waals surface area contributed by atoms with Gasteiger partial charge in [0.25, 0.3) is 0 Å². The molecule has 1 aliphatic rings. The molecule has 0 bridgehead atoms. The molecule has 2 aromatic heterocycles. The van der Waals surface area contributed by atoms with Crippen molar-refractivity contribution in [3.05, 3.63) is 107 Å². The van der Waals surface area contributed by atoms with Gasteiger partial charge in [0, 0.05) is 29.3 Å². The van der Waals surface area contributed by atoms with Crippen molar-refractivity contribution in [2.24, 2.45) is 0 Å². The summed E-state index contributed by atoms with van der Waals surface area (Å²) >= 11 is 12.5. The summed E-state index contributed by atoms with van der Waals surface area (Å²) in [6.07, 6.45) is 1.82. The number of thiocarbonyl (C=S) groups is 1. The number of aromatic nitrogens is 2. The van der Waals surface area contributed by atoms with Crippen LogP contribution in [0.2, 0.25) is 5.02 Å². The summed E-state index contributed by atoms with van der Waals surface area (Å²) in [6.45, 7) is 4.23. The first-order chi connectivity index (χ1) is 16.5. The Morgan fingerprint density at radius 1 is 1.00 bits per heavy atom.